The van der Waals surface area contributed by atoms with Crippen LogP contribution in [0, 0.1) is 13.8 Å². The van der Waals surface area contributed by atoms with Crippen molar-refractivity contribution in [3.63, 3.8) is 0 Å². The zero-order valence-corrected chi connectivity index (χ0v) is 15.0. The van der Waals surface area contributed by atoms with Gasteiger partial charge in [0.2, 0.25) is 5.91 Å². The molecule has 5 heteroatoms. The van der Waals surface area contributed by atoms with Gasteiger partial charge in [0, 0.05) is 30.9 Å². The summed E-state index contributed by atoms with van der Waals surface area (Å²) in [6.45, 7) is 10.7. The van der Waals surface area contributed by atoms with Gasteiger partial charge < -0.3 is 10.2 Å². The zero-order chi connectivity index (χ0) is 17.3. The number of aryl methyl sites for hydroxylation is 2. The van der Waals surface area contributed by atoms with E-state index in [0.29, 0.717) is 6.42 Å². The van der Waals surface area contributed by atoms with Gasteiger partial charge in [-0.3, -0.25) is 4.79 Å². The van der Waals surface area contributed by atoms with Crippen molar-refractivity contribution in [1.82, 2.24) is 20.0 Å². The SMILES string of the molecule is Cc1cc(C)n(-c2ccc(CC(=O)N3CCNCC3(C)C)cc2)n1. The average molecular weight is 326 g/mol. The monoisotopic (exact) mass is 326 g/mol. The first kappa shape index (κ1) is 16.7. The number of amides is 1. The summed E-state index contributed by atoms with van der Waals surface area (Å²) in [5, 5.41) is 7.85. The van der Waals surface area contributed by atoms with E-state index in [1.165, 1.54) is 0 Å². The third-order valence-corrected chi connectivity index (χ3v) is 4.65. The molecular formula is C19H26N4O. The Labute approximate surface area is 143 Å². The third-order valence-electron chi connectivity index (χ3n) is 4.65. The highest BCUT2D eigenvalue weighted by Crippen LogP contribution is 2.19. The standard InChI is InChI=1S/C19H26N4O/c1-14-11-15(2)23(21-14)17-7-5-16(6-8-17)12-18(24)22-10-9-20-13-19(22,3)4/h5-8,11,20H,9-10,12-13H2,1-4H3. The van der Waals surface area contributed by atoms with Gasteiger partial charge in [-0.15, -0.1) is 0 Å². The van der Waals surface area contributed by atoms with Gasteiger partial charge in [0.1, 0.15) is 0 Å². The van der Waals surface area contributed by atoms with Crippen LogP contribution in [0.15, 0.2) is 30.3 Å². The van der Waals surface area contributed by atoms with Crippen LogP contribution in [0.4, 0.5) is 0 Å². The number of piperazine rings is 1. The fourth-order valence-electron chi connectivity index (χ4n) is 3.36. The molecule has 24 heavy (non-hydrogen) atoms. The van der Waals surface area contributed by atoms with Crippen LogP contribution < -0.4 is 5.32 Å². The van der Waals surface area contributed by atoms with Gasteiger partial charge >= 0.3 is 0 Å². The highest BCUT2D eigenvalue weighted by molar-refractivity contribution is 5.79. The van der Waals surface area contributed by atoms with Gasteiger partial charge in [-0.25, -0.2) is 4.68 Å². The van der Waals surface area contributed by atoms with Crippen LogP contribution in [-0.2, 0) is 11.2 Å². The van der Waals surface area contributed by atoms with Crippen molar-refractivity contribution in [2.45, 2.75) is 39.7 Å². The van der Waals surface area contributed by atoms with Gasteiger partial charge in [-0.05, 0) is 51.5 Å². The van der Waals surface area contributed by atoms with E-state index in [0.717, 1.165) is 42.3 Å². The number of carbonyl (C=O) groups excluding carboxylic acids is 1. The van der Waals surface area contributed by atoms with Crippen molar-refractivity contribution in [3.8, 4) is 5.69 Å². The van der Waals surface area contributed by atoms with E-state index < -0.39 is 0 Å². The maximum atomic E-state index is 12.7. The summed E-state index contributed by atoms with van der Waals surface area (Å²) in [6.07, 6.45) is 0.445. The van der Waals surface area contributed by atoms with Crippen molar-refractivity contribution in [2.24, 2.45) is 0 Å². The van der Waals surface area contributed by atoms with Crippen LogP contribution >= 0.6 is 0 Å². The van der Waals surface area contributed by atoms with Crippen LogP contribution in [0.2, 0.25) is 0 Å². The van der Waals surface area contributed by atoms with E-state index >= 15 is 0 Å². The Kier molecular flexibility index (Phi) is 4.45. The van der Waals surface area contributed by atoms with Crippen molar-refractivity contribution >= 4 is 5.91 Å². The Morgan fingerprint density at radius 2 is 1.96 bits per heavy atom. The minimum absolute atomic E-state index is 0.126. The van der Waals surface area contributed by atoms with Crippen molar-refractivity contribution in [3.05, 3.63) is 47.3 Å². The second-order valence-electron chi connectivity index (χ2n) is 7.22. The third kappa shape index (κ3) is 3.36. The molecule has 0 bridgehead atoms. The second kappa shape index (κ2) is 6.40. The van der Waals surface area contributed by atoms with Gasteiger partial charge in [-0.2, -0.15) is 5.10 Å². The maximum absolute atomic E-state index is 12.7. The van der Waals surface area contributed by atoms with E-state index in [4.69, 9.17) is 0 Å². The molecule has 1 aliphatic heterocycles. The Morgan fingerprint density at radius 1 is 1.25 bits per heavy atom. The Bertz CT molecular complexity index is 730. The quantitative estimate of drug-likeness (QED) is 0.941. The lowest BCUT2D eigenvalue weighted by molar-refractivity contribution is -0.136. The molecule has 5 nitrogen and oxygen atoms in total. The summed E-state index contributed by atoms with van der Waals surface area (Å²) in [7, 11) is 0. The van der Waals surface area contributed by atoms with Gasteiger partial charge in [0.25, 0.3) is 0 Å². The fraction of sp³-hybridized carbons (Fsp3) is 0.474. The summed E-state index contributed by atoms with van der Waals surface area (Å²) >= 11 is 0. The average Bonchev–Trinajstić information content (AvgIpc) is 2.86. The summed E-state index contributed by atoms with van der Waals surface area (Å²) in [6, 6.07) is 10.2. The minimum Gasteiger partial charge on any atom is -0.335 e. The lowest BCUT2D eigenvalue weighted by Gasteiger charge is -2.43. The molecule has 1 aromatic heterocycles. The molecular weight excluding hydrogens is 300 g/mol. The van der Waals surface area contributed by atoms with Gasteiger partial charge in [-0.1, -0.05) is 12.1 Å². The first-order valence-corrected chi connectivity index (χ1v) is 8.50. The molecule has 0 saturated carbocycles. The molecule has 1 saturated heterocycles. The molecule has 0 atom stereocenters. The zero-order valence-electron chi connectivity index (χ0n) is 15.0. The maximum Gasteiger partial charge on any atom is 0.227 e. The molecule has 1 N–H and O–H groups in total. The lowest BCUT2D eigenvalue weighted by Crippen LogP contribution is -2.60. The molecule has 128 valence electrons. The molecule has 3 rings (SSSR count). The van der Waals surface area contributed by atoms with Gasteiger partial charge in [0.05, 0.1) is 17.8 Å². The summed E-state index contributed by atoms with van der Waals surface area (Å²) in [5.74, 6) is 0.195. The van der Waals surface area contributed by atoms with Crippen LogP contribution in [-0.4, -0.2) is 45.8 Å². The molecule has 0 aliphatic carbocycles. The summed E-state index contributed by atoms with van der Waals surface area (Å²) in [4.78, 5) is 14.7. The highest BCUT2D eigenvalue weighted by Gasteiger charge is 2.32. The Morgan fingerprint density at radius 3 is 2.54 bits per heavy atom. The van der Waals surface area contributed by atoms with E-state index in [1.807, 2.05) is 47.7 Å². The number of benzene rings is 1. The molecule has 2 aromatic rings. The first-order valence-electron chi connectivity index (χ1n) is 8.50. The van der Waals surface area contributed by atoms with E-state index in [-0.39, 0.29) is 11.4 Å². The molecule has 1 fully saturated rings. The van der Waals surface area contributed by atoms with E-state index in [9.17, 15) is 4.79 Å². The smallest absolute Gasteiger partial charge is 0.227 e. The topological polar surface area (TPSA) is 50.2 Å². The molecule has 2 heterocycles. The number of aromatic nitrogens is 2. The normalized spacial score (nSPS) is 17.1. The number of nitrogens with one attached hydrogen (secondary N) is 1. The molecule has 0 spiro atoms. The molecule has 1 amide bonds. The van der Waals surface area contributed by atoms with Crippen molar-refractivity contribution < 1.29 is 4.79 Å². The van der Waals surface area contributed by atoms with Crippen LogP contribution in [0.3, 0.4) is 0 Å². The minimum atomic E-state index is -0.126. The van der Waals surface area contributed by atoms with E-state index in [2.05, 4.69) is 30.3 Å². The largest absolute Gasteiger partial charge is 0.335 e. The Hall–Kier alpha value is -2.14. The molecule has 0 unspecified atom stereocenters. The summed E-state index contributed by atoms with van der Waals surface area (Å²) < 4.78 is 1.93. The molecule has 1 aromatic carbocycles. The predicted molar refractivity (Wildman–Crippen MR) is 95.4 cm³/mol. The Balaban J connectivity index is 1.72. The fourth-order valence-corrected chi connectivity index (χ4v) is 3.36. The number of hydrogen-bond donors (Lipinski definition) is 1. The van der Waals surface area contributed by atoms with Crippen LogP contribution in [0.25, 0.3) is 5.69 Å². The van der Waals surface area contributed by atoms with Crippen molar-refractivity contribution in [1.29, 1.82) is 0 Å². The first-order chi connectivity index (χ1) is 11.4. The van der Waals surface area contributed by atoms with Crippen molar-refractivity contribution in [2.75, 3.05) is 19.6 Å². The van der Waals surface area contributed by atoms with Crippen LogP contribution in [0.5, 0.6) is 0 Å². The number of rotatable bonds is 3. The highest BCUT2D eigenvalue weighted by atomic mass is 16.2. The number of hydrogen-bond acceptors (Lipinski definition) is 3. The molecule has 1 aliphatic rings. The van der Waals surface area contributed by atoms with E-state index in [1.54, 1.807) is 0 Å². The molecule has 0 radical (unpaired) electrons. The number of carbonyl (C=O) groups is 1. The number of nitrogens with zero attached hydrogens (tertiary/aromatic N) is 3. The summed E-state index contributed by atoms with van der Waals surface area (Å²) in [5.41, 5.74) is 4.06. The lowest BCUT2D eigenvalue weighted by atomic mass is 9.98. The predicted octanol–water partition coefficient (Wildman–Crippen LogP) is 2.24. The van der Waals surface area contributed by atoms with Gasteiger partial charge in [0.15, 0.2) is 0 Å². The van der Waals surface area contributed by atoms with Crippen LogP contribution in [0.1, 0.15) is 30.8 Å². The second-order valence-corrected chi connectivity index (χ2v) is 7.22.